The summed E-state index contributed by atoms with van der Waals surface area (Å²) in [6.45, 7) is 2.12. The molecule has 0 aliphatic heterocycles. The van der Waals surface area contributed by atoms with Gasteiger partial charge in [0, 0.05) is 4.47 Å². The van der Waals surface area contributed by atoms with Gasteiger partial charge in [-0.25, -0.2) is 0 Å². The number of ether oxygens (including phenoxy) is 2. The van der Waals surface area contributed by atoms with Crippen LogP contribution in [-0.2, 0) is 0 Å². The summed E-state index contributed by atoms with van der Waals surface area (Å²) >= 11 is 3.32. The molecule has 0 fully saturated rings. The Morgan fingerprint density at radius 2 is 1.90 bits per heavy atom. The Morgan fingerprint density at radius 3 is 2.55 bits per heavy atom. The first-order valence-corrected chi connectivity index (χ1v) is 6.74. The van der Waals surface area contributed by atoms with Crippen molar-refractivity contribution in [1.29, 1.82) is 0 Å². The van der Waals surface area contributed by atoms with Gasteiger partial charge in [0.1, 0.15) is 5.75 Å². The summed E-state index contributed by atoms with van der Waals surface area (Å²) in [4.78, 5) is 10.7. The Hall–Kier alpha value is -2.08. The predicted molar refractivity (Wildman–Crippen MR) is 78.5 cm³/mol. The summed E-state index contributed by atoms with van der Waals surface area (Å²) in [6.07, 6.45) is 0. The van der Waals surface area contributed by atoms with E-state index in [1.807, 2.05) is 6.07 Å². The van der Waals surface area contributed by atoms with Gasteiger partial charge < -0.3 is 9.47 Å². The standard InChI is InChI=1S/C14H12BrNO4/c1-2-19-12-7-4-8-13(14(12)16(17)18)20-11-6-3-5-10(15)9-11/h3-9H,2H2,1H3. The number of hydrogen-bond acceptors (Lipinski definition) is 4. The molecule has 104 valence electrons. The van der Waals surface area contributed by atoms with Gasteiger partial charge in [-0.1, -0.05) is 28.1 Å². The highest BCUT2D eigenvalue weighted by Gasteiger charge is 2.22. The predicted octanol–water partition coefficient (Wildman–Crippen LogP) is 4.55. The van der Waals surface area contributed by atoms with E-state index >= 15 is 0 Å². The van der Waals surface area contributed by atoms with Crippen molar-refractivity contribution < 1.29 is 14.4 Å². The van der Waals surface area contributed by atoms with Gasteiger partial charge in [0.25, 0.3) is 0 Å². The van der Waals surface area contributed by atoms with E-state index in [1.54, 1.807) is 43.3 Å². The third kappa shape index (κ3) is 3.27. The second-order valence-corrected chi connectivity index (χ2v) is 4.77. The second kappa shape index (κ2) is 6.38. The van der Waals surface area contributed by atoms with Crippen molar-refractivity contribution in [2.45, 2.75) is 6.92 Å². The second-order valence-electron chi connectivity index (χ2n) is 3.85. The Bertz CT molecular complexity index is 630. The van der Waals surface area contributed by atoms with Crippen LogP contribution in [0.15, 0.2) is 46.9 Å². The fourth-order valence-corrected chi connectivity index (χ4v) is 2.07. The maximum Gasteiger partial charge on any atom is 0.352 e. The largest absolute Gasteiger partial charge is 0.487 e. The van der Waals surface area contributed by atoms with Crippen LogP contribution in [0.5, 0.6) is 17.2 Å². The summed E-state index contributed by atoms with van der Waals surface area (Å²) in [5.41, 5.74) is -0.172. The molecule has 0 radical (unpaired) electrons. The zero-order chi connectivity index (χ0) is 14.5. The lowest BCUT2D eigenvalue weighted by atomic mass is 10.2. The topological polar surface area (TPSA) is 61.6 Å². The van der Waals surface area contributed by atoms with E-state index in [-0.39, 0.29) is 17.2 Å². The molecule has 2 aromatic rings. The van der Waals surface area contributed by atoms with Gasteiger partial charge in [-0.3, -0.25) is 10.1 Å². The molecular formula is C14H12BrNO4. The minimum Gasteiger partial charge on any atom is -0.487 e. The lowest BCUT2D eigenvalue weighted by molar-refractivity contribution is -0.386. The van der Waals surface area contributed by atoms with Gasteiger partial charge in [0.05, 0.1) is 11.5 Å². The molecule has 0 aliphatic rings. The van der Waals surface area contributed by atoms with Crippen molar-refractivity contribution in [2.75, 3.05) is 6.61 Å². The molecule has 0 aromatic heterocycles. The molecule has 0 bridgehead atoms. The fourth-order valence-electron chi connectivity index (χ4n) is 1.69. The fraction of sp³-hybridized carbons (Fsp3) is 0.143. The first-order chi connectivity index (χ1) is 9.61. The van der Waals surface area contributed by atoms with Crippen LogP contribution in [0.25, 0.3) is 0 Å². The molecule has 0 heterocycles. The highest BCUT2D eigenvalue weighted by atomic mass is 79.9. The smallest absolute Gasteiger partial charge is 0.352 e. The van der Waals surface area contributed by atoms with Crippen LogP contribution in [0.2, 0.25) is 0 Å². The van der Waals surface area contributed by atoms with Crippen molar-refractivity contribution in [3.63, 3.8) is 0 Å². The number of nitro groups is 1. The molecule has 0 amide bonds. The monoisotopic (exact) mass is 337 g/mol. The maximum atomic E-state index is 11.2. The molecule has 0 aliphatic carbocycles. The molecular weight excluding hydrogens is 326 g/mol. The van der Waals surface area contributed by atoms with Gasteiger partial charge in [-0.05, 0) is 37.3 Å². The molecule has 0 spiro atoms. The highest BCUT2D eigenvalue weighted by molar-refractivity contribution is 9.10. The molecule has 0 N–H and O–H groups in total. The first-order valence-electron chi connectivity index (χ1n) is 5.95. The van der Waals surface area contributed by atoms with E-state index in [0.717, 1.165) is 4.47 Å². The van der Waals surface area contributed by atoms with Crippen LogP contribution in [0.3, 0.4) is 0 Å². The first kappa shape index (κ1) is 14.3. The van der Waals surface area contributed by atoms with Gasteiger partial charge in [-0.15, -0.1) is 0 Å². The third-order valence-electron chi connectivity index (χ3n) is 2.47. The zero-order valence-corrected chi connectivity index (χ0v) is 12.3. The van der Waals surface area contributed by atoms with E-state index in [2.05, 4.69) is 15.9 Å². The minimum atomic E-state index is -0.502. The normalized spacial score (nSPS) is 10.1. The minimum absolute atomic E-state index is 0.152. The van der Waals surface area contributed by atoms with E-state index in [4.69, 9.17) is 9.47 Å². The zero-order valence-electron chi connectivity index (χ0n) is 10.7. The van der Waals surface area contributed by atoms with Gasteiger partial charge in [-0.2, -0.15) is 0 Å². The Morgan fingerprint density at radius 1 is 1.20 bits per heavy atom. The number of rotatable bonds is 5. The van der Waals surface area contributed by atoms with Crippen molar-refractivity contribution in [2.24, 2.45) is 0 Å². The van der Waals surface area contributed by atoms with E-state index in [1.165, 1.54) is 0 Å². The summed E-state index contributed by atoms with van der Waals surface area (Å²) in [5.74, 6) is 0.861. The summed E-state index contributed by atoms with van der Waals surface area (Å²) in [5, 5.41) is 11.2. The maximum absolute atomic E-state index is 11.2. The molecule has 0 saturated heterocycles. The van der Waals surface area contributed by atoms with Gasteiger partial charge in [0.15, 0.2) is 0 Å². The SMILES string of the molecule is CCOc1cccc(Oc2cccc(Br)c2)c1[N+](=O)[O-]. The van der Waals surface area contributed by atoms with E-state index in [0.29, 0.717) is 12.4 Å². The molecule has 2 aromatic carbocycles. The molecule has 20 heavy (non-hydrogen) atoms. The van der Waals surface area contributed by atoms with Crippen LogP contribution in [0.1, 0.15) is 6.92 Å². The Balaban J connectivity index is 2.40. The number of halogens is 1. The van der Waals surface area contributed by atoms with Crippen LogP contribution < -0.4 is 9.47 Å². The number of nitro benzene ring substituents is 1. The molecule has 2 rings (SSSR count). The molecule has 0 unspecified atom stereocenters. The number of hydrogen-bond donors (Lipinski definition) is 0. The van der Waals surface area contributed by atoms with Crippen LogP contribution >= 0.6 is 15.9 Å². The molecule has 6 heteroatoms. The third-order valence-corrected chi connectivity index (χ3v) is 2.96. The summed E-state index contributed by atoms with van der Waals surface area (Å²) in [6, 6.07) is 11.8. The molecule has 0 saturated carbocycles. The Labute approximate surface area is 124 Å². The van der Waals surface area contributed by atoms with Crippen LogP contribution in [0.4, 0.5) is 5.69 Å². The van der Waals surface area contributed by atoms with Crippen LogP contribution in [-0.4, -0.2) is 11.5 Å². The Kier molecular flexibility index (Phi) is 4.57. The van der Waals surface area contributed by atoms with Gasteiger partial charge in [0.2, 0.25) is 11.5 Å². The quantitative estimate of drug-likeness (QED) is 0.593. The van der Waals surface area contributed by atoms with E-state index in [9.17, 15) is 10.1 Å². The molecule has 0 atom stereocenters. The van der Waals surface area contributed by atoms with Crippen molar-refractivity contribution >= 4 is 21.6 Å². The molecule has 5 nitrogen and oxygen atoms in total. The van der Waals surface area contributed by atoms with Crippen molar-refractivity contribution in [3.05, 3.63) is 57.1 Å². The number of nitrogens with zero attached hydrogens (tertiary/aromatic N) is 1. The van der Waals surface area contributed by atoms with Crippen LogP contribution in [0, 0.1) is 10.1 Å². The number of para-hydroxylation sites is 1. The highest BCUT2D eigenvalue weighted by Crippen LogP contribution is 2.39. The van der Waals surface area contributed by atoms with E-state index < -0.39 is 4.92 Å². The summed E-state index contributed by atoms with van der Waals surface area (Å²) < 4.78 is 11.7. The average Bonchev–Trinajstić information content (AvgIpc) is 2.39. The average molecular weight is 338 g/mol. The number of benzene rings is 2. The summed E-state index contributed by atoms with van der Waals surface area (Å²) in [7, 11) is 0. The van der Waals surface area contributed by atoms with Crippen molar-refractivity contribution in [1.82, 2.24) is 0 Å². The lowest BCUT2D eigenvalue weighted by Gasteiger charge is -2.09. The van der Waals surface area contributed by atoms with Crippen molar-refractivity contribution in [3.8, 4) is 17.2 Å². The van der Waals surface area contributed by atoms with Gasteiger partial charge >= 0.3 is 5.69 Å². The lowest BCUT2D eigenvalue weighted by Crippen LogP contribution is -1.99.